The molecule has 1 heterocycles. The van der Waals surface area contributed by atoms with Crippen LogP contribution in [0.5, 0.6) is 5.75 Å². The Bertz CT molecular complexity index is 1130. The van der Waals surface area contributed by atoms with Crippen LogP contribution in [0.25, 0.3) is 0 Å². The molecule has 6 heteroatoms. The number of anilines is 1. The standard InChI is InChI=1S/C33H45ClN2O2S/c1-3-4-5-6-7-8-9-10-11-12-13-14-21-38-32-19-18-28(24-31(32)34)25-33(37)35-30-17-15-16-29(23-30)26-36-20-22-39-27(36)2/h15-20,22-24H,3-14,21,25-26H2,1-2H3/p+1. The fourth-order valence-corrected chi connectivity index (χ4v) is 5.69. The molecule has 0 aliphatic heterocycles. The minimum absolute atomic E-state index is 0.0623. The summed E-state index contributed by atoms with van der Waals surface area (Å²) in [5, 5.41) is 6.92. The lowest BCUT2D eigenvalue weighted by atomic mass is 10.1. The molecule has 0 saturated heterocycles. The first-order chi connectivity index (χ1) is 19.0. The van der Waals surface area contributed by atoms with Crippen molar-refractivity contribution in [2.24, 2.45) is 0 Å². The largest absolute Gasteiger partial charge is 0.492 e. The van der Waals surface area contributed by atoms with E-state index >= 15 is 0 Å². The summed E-state index contributed by atoms with van der Waals surface area (Å²) < 4.78 is 8.12. The highest BCUT2D eigenvalue weighted by Crippen LogP contribution is 2.26. The molecule has 3 rings (SSSR count). The van der Waals surface area contributed by atoms with Gasteiger partial charge < -0.3 is 10.1 Å². The second kappa shape index (κ2) is 18.1. The van der Waals surface area contributed by atoms with Gasteiger partial charge in [0, 0.05) is 18.2 Å². The third-order valence-corrected chi connectivity index (χ3v) is 8.19. The number of rotatable bonds is 19. The van der Waals surface area contributed by atoms with Crippen LogP contribution in [0.3, 0.4) is 0 Å². The van der Waals surface area contributed by atoms with E-state index in [-0.39, 0.29) is 12.3 Å². The second-order valence-electron chi connectivity index (χ2n) is 10.5. The SMILES string of the molecule is CCCCCCCCCCCCCCOc1ccc(CC(=O)Nc2cccc(C[n+]3ccsc3C)c2)cc1Cl. The second-order valence-corrected chi connectivity index (χ2v) is 12.0. The zero-order valence-electron chi connectivity index (χ0n) is 23.9. The van der Waals surface area contributed by atoms with Crippen molar-refractivity contribution in [3.63, 3.8) is 0 Å². The summed E-state index contributed by atoms with van der Waals surface area (Å²) in [5.74, 6) is 0.630. The Balaban J connectivity index is 1.30. The minimum atomic E-state index is -0.0623. The van der Waals surface area contributed by atoms with E-state index in [1.54, 1.807) is 11.3 Å². The first-order valence-electron chi connectivity index (χ1n) is 14.8. The number of unbranched alkanes of at least 4 members (excludes halogenated alkanes) is 11. The van der Waals surface area contributed by atoms with Crippen molar-refractivity contribution in [1.29, 1.82) is 0 Å². The van der Waals surface area contributed by atoms with Gasteiger partial charge in [0.25, 0.3) is 0 Å². The van der Waals surface area contributed by atoms with Crippen molar-refractivity contribution < 1.29 is 14.1 Å². The van der Waals surface area contributed by atoms with Crippen LogP contribution in [0.2, 0.25) is 5.02 Å². The van der Waals surface area contributed by atoms with Gasteiger partial charge in [-0.05, 0) is 36.2 Å². The van der Waals surface area contributed by atoms with Crippen LogP contribution in [-0.2, 0) is 17.8 Å². The number of carbonyl (C=O) groups is 1. The number of halogens is 1. The molecule has 1 aromatic heterocycles. The molecule has 0 atom stereocenters. The third-order valence-electron chi connectivity index (χ3n) is 7.06. The monoisotopic (exact) mass is 569 g/mol. The number of nitrogens with zero attached hydrogens (tertiary/aromatic N) is 1. The van der Waals surface area contributed by atoms with Crippen molar-refractivity contribution in [1.82, 2.24) is 0 Å². The predicted molar refractivity (Wildman–Crippen MR) is 165 cm³/mol. The molecule has 0 fully saturated rings. The molecular weight excluding hydrogens is 524 g/mol. The Morgan fingerprint density at radius 2 is 1.59 bits per heavy atom. The molecule has 0 spiro atoms. The van der Waals surface area contributed by atoms with Crippen molar-refractivity contribution in [2.45, 2.75) is 104 Å². The fraction of sp³-hybridized carbons (Fsp3) is 0.515. The molecule has 0 aliphatic rings. The first kappa shape index (κ1) is 31.2. The van der Waals surface area contributed by atoms with Gasteiger partial charge in [0.15, 0.2) is 12.7 Å². The van der Waals surface area contributed by atoms with E-state index in [1.807, 2.05) is 36.4 Å². The van der Waals surface area contributed by atoms with Gasteiger partial charge in [-0.1, -0.05) is 119 Å². The number of amides is 1. The predicted octanol–water partition coefficient (Wildman–Crippen LogP) is 9.31. The Kier molecular flexibility index (Phi) is 14.4. The van der Waals surface area contributed by atoms with E-state index in [2.05, 4.69) is 41.4 Å². The summed E-state index contributed by atoms with van der Waals surface area (Å²) in [6, 6.07) is 13.7. The zero-order chi connectivity index (χ0) is 27.7. The summed E-state index contributed by atoms with van der Waals surface area (Å²) in [5.41, 5.74) is 2.83. The Morgan fingerprint density at radius 3 is 2.23 bits per heavy atom. The van der Waals surface area contributed by atoms with E-state index < -0.39 is 0 Å². The fourth-order valence-electron chi connectivity index (χ4n) is 4.77. The van der Waals surface area contributed by atoms with Crippen molar-refractivity contribution in [3.8, 4) is 5.75 Å². The molecule has 39 heavy (non-hydrogen) atoms. The molecule has 0 bridgehead atoms. The highest BCUT2D eigenvalue weighted by Gasteiger charge is 2.11. The van der Waals surface area contributed by atoms with E-state index in [0.29, 0.717) is 17.4 Å². The van der Waals surface area contributed by atoms with E-state index in [9.17, 15) is 4.79 Å². The molecule has 0 saturated carbocycles. The van der Waals surface area contributed by atoms with Gasteiger partial charge in [-0.2, -0.15) is 4.57 Å². The molecular formula is C33H46ClN2O2S+. The molecule has 0 aliphatic carbocycles. The molecule has 1 amide bonds. The average molecular weight is 570 g/mol. The molecule has 0 radical (unpaired) electrons. The summed E-state index contributed by atoms with van der Waals surface area (Å²) in [6.07, 6.45) is 18.2. The van der Waals surface area contributed by atoms with Crippen LogP contribution in [0.1, 0.15) is 100 Å². The summed E-state index contributed by atoms with van der Waals surface area (Å²) in [7, 11) is 0. The maximum absolute atomic E-state index is 12.7. The Morgan fingerprint density at radius 1 is 0.897 bits per heavy atom. The normalized spacial score (nSPS) is 11.1. The van der Waals surface area contributed by atoms with Crippen LogP contribution in [0.4, 0.5) is 5.69 Å². The van der Waals surface area contributed by atoms with Gasteiger partial charge in [-0.25, -0.2) is 0 Å². The zero-order valence-corrected chi connectivity index (χ0v) is 25.4. The number of aromatic nitrogens is 1. The number of benzene rings is 2. The molecule has 0 unspecified atom stereocenters. The first-order valence-corrected chi connectivity index (χ1v) is 16.0. The summed E-state index contributed by atoms with van der Waals surface area (Å²) >= 11 is 8.19. The lowest BCUT2D eigenvalue weighted by molar-refractivity contribution is -0.689. The van der Waals surface area contributed by atoms with Crippen LogP contribution < -0.4 is 14.6 Å². The Hall–Kier alpha value is -2.37. The quantitative estimate of drug-likeness (QED) is 0.115. The molecule has 1 N–H and O–H groups in total. The van der Waals surface area contributed by atoms with Crippen LogP contribution in [-0.4, -0.2) is 12.5 Å². The van der Waals surface area contributed by atoms with Gasteiger partial charge in [-0.3, -0.25) is 4.79 Å². The van der Waals surface area contributed by atoms with Gasteiger partial charge in [0.2, 0.25) is 10.9 Å². The lowest BCUT2D eigenvalue weighted by Crippen LogP contribution is -2.34. The molecule has 4 nitrogen and oxygen atoms in total. The topological polar surface area (TPSA) is 42.2 Å². The van der Waals surface area contributed by atoms with Crippen molar-refractivity contribution >= 4 is 34.5 Å². The number of hydrogen-bond acceptors (Lipinski definition) is 3. The van der Waals surface area contributed by atoms with Crippen LogP contribution in [0, 0.1) is 6.92 Å². The number of ether oxygens (including phenoxy) is 1. The highest BCUT2D eigenvalue weighted by atomic mass is 35.5. The highest BCUT2D eigenvalue weighted by molar-refractivity contribution is 7.09. The van der Waals surface area contributed by atoms with Crippen LogP contribution in [0.15, 0.2) is 54.0 Å². The minimum Gasteiger partial charge on any atom is -0.492 e. The summed E-state index contributed by atoms with van der Waals surface area (Å²) in [6.45, 7) is 5.84. The maximum atomic E-state index is 12.7. The van der Waals surface area contributed by atoms with E-state index in [0.717, 1.165) is 29.8 Å². The number of carbonyl (C=O) groups excluding carboxylic acids is 1. The van der Waals surface area contributed by atoms with E-state index in [4.69, 9.17) is 16.3 Å². The average Bonchev–Trinajstić information content (AvgIpc) is 3.32. The van der Waals surface area contributed by atoms with Crippen molar-refractivity contribution in [3.05, 3.63) is 75.2 Å². The van der Waals surface area contributed by atoms with Gasteiger partial charge >= 0.3 is 0 Å². The Labute approximate surface area is 244 Å². The number of thiazole rings is 1. The molecule has 2 aromatic carbocycles. The number of nitrogens with one attached hydrogen (secondary N) is 1. The maximum Gasteiger partial charge on any atom is 0.234 e. The smallest absolute Gasteiger partial charge is 0.234 e. The lowest BCUT2D eigenvalue weighted by Gasteiger charge is -2.10. The van der Waals surface area contributed by atoms with Gasteiger partial charge in [0.05, 0.1) is 23.4 Å². The number of aryl methyl sites for hydroxylation is 1. The molecule has 3 aromatic rings. The number of hydrogen-bond donors (Lipinski definition) is 1. The van der Waals surface area contributed by atoms with E-state index in [1.165, 1.54) is 75.6 Å². The summed E-state index contributed by atoms with van der Waals surface area (Å²) in [4.78, 5) is 12.7. The third kappa shape index (κ3) is 12.1. The van der Waals surface area contributed by atoms with Crippen LogP contribution >= 0.6 is 22.9 Å². The molecule has 212 valence electrons. The van der Waals surface area contributed by atoms with Crippen molar-refractivity contribution in [2.75, 3.05) is 11.9 Å². The van der Waals surface area contributed by atoms with Gasteiger partial charge in [-0.15, -0.1) is 0 Å². The van der Waals surface area contributed by atoms with Gasteiger partial charge in [0.1, 0.15) is 5.75 Å².